The fourth-order valence-electron chi connectivity index (χ4n) is 1.77. The number of carbonyl (C=O) groups excluding carboxylic acids is 1. The third-order valence-corrected chi connectivity index (χ3v) is 2.83. The van der Waals surface area contributed by atoms with Crippen LogP contribution >= 0.6 is 0 Å². The van der Waals surface area contributed by atoms with E-state index in [0.29, 0.717) is 11.3 Å². The van der Waals surface area contributed by atoms with Crippen LogP contribution in [0.1, 0.15) is 43.0 Å². The Kier molecular flexibility index (Phi) is 5.53. The molecule has 0 saturated heterocycles. The van der Waals surface area contributed by atoms with E-state index in [1.807, 2.05) is 13.1 Å². The zero-order valence-electron chi connectivity index (χ0n) is 10.8. The summed E-state index contributed by atoms with van der Waals surface area (Å²) in [5.74, 6) is 0.0498. The second-order valence-corrected chi connectivity index (χ2v) is 4.41. The molecule has 0 aromatic heterocycles. The molecule has 0 radical (unpaired) electrons. The summed E-state index contributed by atoms with van der Waals surface area (Å²) < 4.78 is 0. The van der Waals surface area contributed by atoms with Crippen molar-refractivity contribution >= 4 is 11.6 Å². The van der Waals surface area contributed by atoms with Crippen molar-refractivity contribution in [3.8, 4) is 0 Å². The van der Waals surface area contributed by atoms with Gasteiger partial charge in [0.1, 0.15) is 0 Å². The van der Waals surface area contributed by atoms with Gasteiger partial charge in [0, 0.05) is 24.8 Å². The van der Waals surface area contributed by atoms with E-state index in [1.54, 1.807) is 23.1 Å². The van der Waals surface area contributed by atoms with Gasteiger partial charge >= 0.3 is 0 Å². The van der Waals surface area contributed by atoms with Gasteiger partial charge < -0.3 is 10.6 Å². The highest BCUT2D eigenvalue weighted by molar-refractivity contribution is 5.94. The highest BCUT2D eigenvalue weighted by Crippen LogP contribution is 2.10. The van der Waals surface area contributed by atoms with E-state index in [9.17, 15) is 4.79 Å². The SMILES string of the molecule is CCCCCCN(C)C(=O)c1cccc(N)c1. The summed E-state index contributed by atoms with van der Waals surface area (Å²) in [6.07, 6.45) is 4.70. The minimum Gasteiger partial charge on any atom is -0.399 e. The molecule has 2 N–H and O–H groups in total. The van der Waals surface area contributed by atoms with Crippen molar-refractivity contribution in [2.24, 2.45) is 0 Å². The minimum atomic E-state index is 0.0498. The van der Waals surface area contributed by atoms with Crippen molar-refractivity contribution in [3.63, 3.8) is 0 Å². The number of nitrogen functional groups attached to an aromatic ring is 1. The number of carbonyl (C=O) groups is 1. The average Bonchev–Trinajstić information content (AvgIpc) is 2.33. The lowest BCUT2D eigenvalue weighted by Crippen LogP contribution is -2.27. The van der Waals surface area contributed by atoms with Gasteiger partial charge in [0.25, 0.3) is 5.91 Å². The summed E-state index contributed by atoms with van der Waals surface area (Å²) in [6.45, 7) is 3.00. The van der Waals surface area contributed by atoms with Gasteiger partial charge in [-0.25, -0.2) is 0 Å². The Bertz CT molecular complexity index is 363. The van der Waals surface area contributed by atoms with Crippen molar-refractivity contribution in [2.45, 2.75) is 32.6 Å². The molecule has 0 atom stereocenters. The maximum absolute atomic E-state index is 12.0. The van der Waals surface area contributed by atoms with Crippen LogP contribution in [0.4, 0.5) is 5.69 Å². The number of benzene rings is 1. The zero-order valence-corrected chi connectivity index (χ0v) is 10.8. The summed E-state index contributed by atoms with van der Waals surface area (Å²) in [6, 6.07) is 7.14. The van der Waals surface area contributed by atoms with Crippen molar-refractivity contribution in [3.05, 3.63) is 29.8 Å². The zero-order chi connectivity index (χ0) is 12.7. The van der Waals surface area contributed by atoms with Crippen LogP contribution < -0.4 is 5.73 Å². The molecule has 17 heavy (non-hydrogen) atoms. The van der Waals surface area contributed by atoms with Crippen LogP contribution in [-0.4, -0.2) is 24.4 Å². The van der Waals surface area contributed by atoms with E-state index in [2.05, 4.69) is 6.92 Å². The van der Waals surface area contributed by atoms with Gasteiger partial charge in [0.2, 0.25) is 0 Å². The van der Waals surface area contributed by atoms with E-state index in [4.69, 9.17) is 5.73 Å². The second kappa shape index (κ2) is 6.94. The molecule has 94 valence electrons. The fourth-order valence-corrected chi connectivity index (χ4v) is 1.77. The lowest BCUT2D eigenvalue weighted by molar-refractivity contribution is 0.0792. The Balaban J connectivity index is 2.46. The third-order valence-electron chi connectivity index (χ3n) is 2.83. The van der Waals surface area contributed by atoms with Crippen molar-refractivity contribution in [1.82, 2.24) is 4.90 Å². The maximum Gasteiger partial charge on any atom is 0.253 e. The minimum absolute atomic E-state index is 0.0498. The van der Waals surface area contributed by atoms with Gasteiger partial charge in [0.15, 0.2) is 0 Å². The summed E-state index contributed by atoms with van der Waals surface area (Å²) in [7, 11) is 1.84. The standard InChI is InChI=1S/C14H22N2O/c1-3-4-5-6-10-16(2)14(17)12-8-7-9-13(15)11-12/h7-9,11H,3-6,10,15H2,1-2H3. The molecule has 0 heterocycles. The first-order chi connectivity index (χ1) is 8.15. The number of amides is 1. The summed E-state index contributed by atoms with van der Waals surface area (Å²) in [5.41, 5.74) is 6.97. The highest BCUT2D eigenvalue weighted by atomic mass is 16.2. The van der Waals surface area contributed by atoms with Crippen LogP contribution in [-0.2, 0) is 0 Å². The van der Waals surface area contributed by atoms with Crippen LogP contribution in [0.5, 0.6) is 0 Å². The molecule has 3 heteroatoms. The smallest absolute Gasteiger partial charge is 0.253 e. The number of anilines is 1. The number of nitrogens with zero attached hydrogens (tertiary/aromatic N) is 1. The Labute approximate surface area is 104 Å². The number of unbranched alkanes of at least 4 members (excludes halogenated alkanes) is 3. The molecule has 0 unspecified atom stereocenters. The van der Waals surface area contributed by atoms with Crippen LogP contribution in [0, 0.1) is 0 Å². The van der Waals surface area contributed by atoms with Gasteiger partial charge in [-0.05, 0) is 24.6 Å². The molecule has 0 bridgehead atoms. The van der Waals surface area contributed by atoms with Crippen molar-refractivity contribution in [2.75, 3.05) is 19.3 Å². The molecule has 3 nitrogen and oxygen atoms in total. The molecule has 0 fully saturated rings. The third kappa shape index (κ3) is 4.47. The first kappa shape index (κ1) is 13.6. The normalized spacial score (nSPS) is 10.2. The fraction of sp³-hybridized carbons (Fsp3) is 0.500. The number of nitrogens with two attached hydrogens (primary N) is 1. The molecule has 1 aromatic rings. The molecule has 0 aliphatic heterocycles. The molecule has 0 spiro atoms. The van der Waals surface area contributed by atoms with E-state index >= 15 is 0 Å². The Morgan fingerprint density at radius 1 is 1.29 bits per heavy atom. The molecular weight excluding hydrogens is 212 g/mol. The highest BCUT2D eigenvalue weighted by Gasteiger charge is 2.10. The van der Waals surface area contributed by atoms with Gasteiger partial charge in [-0.2, -0.15) is 0 Å². The second-order valence-electron chi connectivity index (χ2n) is 4.41. The van der Waals surface area contributed by atoms with Gasteiger partial charge in [0.05, 0.1) is 0 Å². The van der Waals surface area contributed by atoms with E-state index in [1.165, 1.54) is 19.3 Å². The first-order valence-corrected chi connectivity index (χ1v) is 6.26. The first-order valence-electron chi connectivity index (χ1n) is 6.26. The van der Waals surface area contributed by atoms with Gasteiger partial charge in [-0.3, -0.25) is 4.79 Å². The average molecular weight is 234 g/mol. The van der Waals surface area contributed by atoms with Crippen molar-refractivity contribution < 1.29 is 4.79 Å². The summed E-state index contributed by atoms with van der Waals surface area (Å²) >= 11 is 0. The molecule has 0 aliphatic carbocycles. The molecule has 0 aliphatic rings. The number of hydrogen-bond acceptors (Lipinski definition) is 2. The molecule has 0 saturated carbocycles. The summed E-state index contributed by atoms with van der Waals surface area (Å²) in [4.78, 5) is 13.8. The van der Waals surface area contributed by atoms with Crippen molar-refractivity contribution in [1.29, 1.82) is 0 Å². The molecule has 1 amide bonds. The van der Waals surface area contributed by atoms with Gasteiger partial charge in [-0.15, -0.1) is 0 Å². The topological polar surface area (TPSA) is 46.3 Å². The van der Waals surface area contributed by atoms with E-state index in [-0.39, 0.29) is 5.91 Å². The Morgan fingerprint density at radius 2 is 2.06 bits per heavy atom. The summed E-state index contributed by atoms with van der Waals surface area (Å²) in [5, 5.41) is 0. The van der Waals surface area contributed by atoms with Gasteiger partial charge in [-0.1, -0.05) is 32.3 Å². The monoisotopic (exact) mass is 234 g/mol. The predicted octanol–water partition coefficient (Wildman–Crippen LogP) is 2.92. The maximum atomic E-state index is 12.0. The van der Waals surface area contributed by atoms with E-state index in [0.717, 1.165) is 13.0 Å². The Morgan fingerprint density at radius 3 is 2.71 bits per heavy atom. The van der Waals surface area contributed by atoms with Crippen LogP contribution in [0.15, 0.2) is 24.3 Å². The van der Waals surface area contributed by atoms with Crippen LogP contribution in [0.25, 0.3) is 0 Å². The molecule has 1 rings (SSSR count). The lowest BCUT2D eigenvalue weighted by Gasteiger charge is -2.17. The number of hydrogen-bond donors (Lipinski definition) is 1. The molecule has 1 aromatic carbocycles. The lowest BCUT2D eigenvalue weighted by atomic mass is 10.1. The largest absolute Gasteiger partial charge is 0.399 e. The predicted molar refractivity (Wildman–Crippen MR) is 72.0 cm³/mol. The van der Waals surface area contributed by atoms with Crippen LogP contribution in [0.3, 0.4) is 0 Å². The van der Waals surface area contributed by atoms with Crippen LogP contribution in [0.2, 0.25) is 0 Å². The van der Waals surface area contributed by atoms with E-state index < -0.39 is 0 Å². The Hall–Kier alpha value is -1.51. The molecular formula is C14H22N2O. The quantitative estimate of drug-likeness (QED) is 0.607. The number of rotatable bonds is 6.